The predicted molar refractivity (Wildman–Crippen MR) is 129 cm³/mol. The van der Waals surface area contributed by atoms with Gasteiger partial charge in [-0.1, -0.05) is 25.1 Å². The summed E-state index contributed by atoms with van der Waals surface area (Å²) < 4.78 is 11.9. The summed E-state index contributed by atoms with van der Waals surface area (Å²) in [5.41, 5.74) is 0.882. The van der Waals surface area contributed by atoms with E-state index in [2.05, 4.69) is 22.1 Å². The second-order valence-corrected chi connectivity index (χ2v) is 6.92. The van der Waals surface area contributed by atoms with Gasteiger partial charge in [0.2, 0.25) is 5.88 Å². The molecule has 0 bridgehead atoms. The Labute approximate surface area is 195 Å². The SMILES string of the molecule is CCCOc1ccccc1Oc1ncccc1CN=C(NCC)N1CC[C@@H](O)C1.I. The molecule has 0 radical (unpaired) electrons. The highest BCUT2D eigenvalue weighted by Crippen LogP contribution is 2.32. The number of aliphatic hydroxyl groups is 1. The molecule has 1 aliphatic rings. The van der Waals surface area contributed by atoms with E-state index < -0.39 is 0 Å². The van der Waals surface area contributed by atoms with Crippen LogP contribution in [0.4, 0.5) is 0 Å². The Morgan fingerprint density at radius 1 is 1.23 bits per heavy atom. The van der Waals surface area contributed by atoms with Gasteiger partial charge in [-0.15, -0.1) is 24.0 Å². The molecule has 7 nitrogen and oxygen atoms in total. The molecule has 1 fully saturated rings. The Morgan fingerprint density at radius 3 is 2.73 bits per heavy atom. The zero-order chi connectivity index (χ0) is 20.5. The van der Waals surface area contributed by atoms with E-state index in [9.17, 15) is 5.11 Å². The zero-order valence-electron chi connectivity index (χ0n) is 17.6. The summed E-state index contributed by atoms with van der Waals surface area (Å²) in [7, 11) is 0. The van der Waals surface area contributed by atoms with E-state index in [0.29, 0.717) is 37.1 Å². The molecule has 0 saturated carbocycles. The maximum atomic E-state index is 9.83. The first-order valence-electron chi connectivity index (χ1n) is 10.3. The van der Waals surface area contributed by atoms with Gasteiger partial charge in [-0.2, -0.15) is 0 Å². The molecule has 1 atom stereocenters. The molecule has 0 amide bonds. The van der Waals surface area contributed by atoms with Crippen molar-refractivity contribution in [3.8, 4) is 17.4 Å². The molecule has 1 aliphatic heterocycles. The van der Waals surface area contributed by atoms with Crippen LogP contribution < -0.4 is 14.8 Å². The Morgan fingerprint density at radius 2 is 2.03 bits per heavy atom. The fraction of sp³-hybridized carbons (Fsp3) is 0.455. The molecule has 164 valence electrons. The van der Waals surface area contributed by atoms with Crippen LogP contribution in [0.1, 0.15) is 32.3 Å². The summed E-state index contributed by atoms with van der Waals surface area (Å²) in [4.78, 5) is 11.2. The van der Waals surface area contributed by atoms with Crippen LogP contribution in [-0.4, -0.2) is 53.3 Å². The standard InChI is InChI=1S/C22H30N4O3.HI/c1-3-14-28-19-9-5-6-10-20(19)29-21-17(8-7-12-24-21)15-25-22(23-4-2)26-13-11-18(27)16-26;/h5-10,12,18,27H,3-4,11,13-16H2,1-2H3,(H,23,25);1H/t18-;/m1./s1. The summed E-state index contributed by atoms with van der Waals surface area (Å²) >= 11 is 0. The molecule has 0 aliphatic carbocycles. The van der Waals surface area contributed by atoms with Crippen molar-refractivity contribution in [2.24, 2.45) is 4.99 Å². The lowest BCUT2D eigenvalue weighted by Gasteiger charge is -2.21. The largest absolute Gasteiger partial charge is 0.490 e. The number of hydrogen-bond donors (Lipinski definition) is 2. The quantitative estimate of drug-likeness (QED) is 0.310. The molecule has 0 spiro atoms. The van der Waals surface area contributed by atoms with Gasteiger partial charge >= 0.3 is 0 Å². The zero-order valence-corrected chi connectivity index (χ0v) is 19.9. The van der Waals surface area contributed by atoms with E-state index in [0.717, 1.165) is 37.5 Å². The molecule has 1 aromatic heterocycles. The van der Waals surface area contributed by atoms with E-state index in [1.807, 2.05) is 43.3 Å². The minimum absolute atomic E-state index is 0. The number of halogens is 1. The lowest BCUT2D eigenvalue weighted by atomic mass is 10.2. The normalized spacial score (nSPS) is 16.2. The molecule has 1 aromatic carbocycles. The number of pyridine rings is 1. The van der Waals surface area contributed by atoms with Crippen LogP contribution >= 0.6 is 24.0 Å². The van der Waals surface area contributed by atoms with Crippen LogP contribution in [0.15, 0.2) is 47.6 Å². The molecule has 30 heavy (non-hydrogen) atoms. The van der Waals surface area contributed by atoms with Crippen LogP contribution in [0.2, 0.25) is 0 Å². The average Bonchev–Trinajstić information content (AvgIpc) is 3.17. The number of β-amino-alcohol motifs (C(OH)–C–C–N with tert-alkyl or cyclic N) is 1. The second kappa shape index (κ2) is 12.6. The Kier molecular flexibility index (Phi) is 10.2. The van der Waals surface area contributed by atoms with Gasteiger partial charge < -0.3 is 24.8 Å². The van der Waals surface area contributed by atoms with Crippen molar-refractivity contribution in [1.82, 2.24) is 15.2 Å². The lowest BCUT2D eigenvalue weighted by molar-refractivity contribution is 0.188. The Bertz CT molecular complexity index is 818. The summed E-state index contributed by atoms with van der Waals surface area (Å²) in [6.07, 6.45) is 3.10. The minimum Gasteiger partial charge on any atom is -0.490 e. The second-order valence-electron chi connectivity index (χ2n) is 6.92. The van der Waals surface area contributed by atoms with Crippen LogP contribution in [0, 0.1) is 0 Å². The summed E-state index contributed by atoms with van der Waals surface area (Å²) in [6.45, 7) is 7.33. The molecule has 3 rings (SSSR count). The first-order chi connectivity index (χ1) is 14.2. The van der Waals surface area contributed by atoms with Crippen molar-refractivity contribution in [2.45, 2.75) is 39.3 Å². The number of ether oxygens (including phenoxy) is 2. The van der Waals surface area contributed by atoms with Crippen LogP contribution in [0.25, 0.3) is 0 Å². The third-order valence-corrected chi connectivity index (χ3v) is 4.56. The smallest absolute Gasteiger partial charge is 0.224 e. The highest BCUT2D eigenvalue weighted by Gasteiger charge is 2.23. The van der Waals surface area contributed by atoms with E-state index in [-0.39, 0.29) is 30.1 Å². The highest BCUT2D eigenvalue weighted by atomic mass is 127. The fourth-order valence-electron chi connectivity index (χ4n) is 3.13. The molecule has 2 heterocycles. The lowest BCUT2D eigenvalue weighted by Crippen LogP contribution is -2.40. The Hall–Kier alpha value is -2.07. The van der Waals surface area contributed by atoms with E-state index in [1.165, 1.54) is 0 Å². The number of nitrogens with one attached hydrogen (secondary N) is 1. The maximum Gasteiger partial charge on any atom is 0.224 e. The van der Waals surface area contributed by atoms with Gasteiger partial charge in [0.15, 0.2) is 17.5 Å². The van der Waals surface area contributed by atoms with E-state index in [1.54, 1.807) is 6.20 Å². The van der Waals surface area contributed by atoms with Crippen molar-refractivity contribution in [3.05, 3.63) is 48.2 Å². The minimum atomic E-state index is -0.296. The van der Waals surface area contributed by atoms with Crippen LogP contribution in [-0.2, 0) is 6.54 Å². The van der Waals surface area contributed by atoms with Crippen LogP contribution in [0.3, 0.4) is 0 Å². The van der Waals surface area contributed by atoms with Gasteiger partial charge in [0.25, 0.3) is 0 Å². The third kappa shape index (κ3) is 6.73. The topological polar surface area (TPSA) is 79.2 Å². The first-order valence-corrected chi connectivity index (χ1v) is 10.3. The highest BCUT2D eigenvalue weighted by molar-refractivity contribution is 14.0. The molecule has 8 heteroatoms. The third-order valence-electron chi connectivity index (χ3n) is 4.56. The number of aliphatic hydroxyl groups excluding tert-OH is 1. The number of hydrogen-bond acceptors (Lipinski definition) is 5. The molecule has 1 saturated heterocycles. The molecular weight excluding hydrogens is 495 g/mol. The number of rotatable bonds is 8. The van der Waals surface area contributed by atoms with Gasteiger partial charge in [0, 0.05) is 31.4 Å². The van der Waals surface area contributed by atoms with E-state index in [4.69, 9.17) is 14.5 Å². The molecular formula is C22H31IN4O3. The number of aromatic nitrogens is 1. The number of likely N-dealkylation sites (tertiary alicyclic amines) is 1. The van der Waals surface area contributed by atoms with Crippen LogP contribution in [0.5, 0.6) is 17.4 Å². The van der Waals surface area contributed by atoms with Crippen molar-refractivity contribution in [1.29, 1.82) is 0 Å². The number of guanidine groups is 1. The predicted octanol–water partition coefficient (Wildman–Crippen LogP) is 3.81. The fourth-order valence-corrected chi connectivity index (χ4v) is 3.13. The van der Waals surface area contributed by atoms with Gasteiger partial charge in [-0.25, -0.2) is 9.98 Å². The van der Waals surface area contributed by atoms with Gasteiger partial charge in [0.1, 0.15) is 0 Å². The number of aliphatic imine (C=N–C) groups is 1. The molecule has 2 aromatic rings. The summed E-state index contributed by atoms with van der Waals surface area (Å²) in [5, 5.41) is 13.1. The van der Waals surface area contributed by atoms with Crippen molar-refractivity contribution < 1.29 is 14.6 Å². The van der Waals surface area contributed by atoms with Crippen molar-refractivity contribution in [3.63, 3.8) is 0 Å². The average molecular weight is 526 g/mol. The molecule has 2 N–H and O–H groups in total. The Balaban J connectivity index is 0.00000320. The van der Waals surface area contributed by atoms with Gasteiger partial charge in [0.05, 0.1) is 19.3 Å². The van der Waals surface area contributed by atoms with Gasteiger partial charge in [-0.05, 0) is 38.0 Å². The van der Waals surface area contributed by atoms with E-state index >= 15 is 0 Å². The first kappa shape index (κ1) is 24.2. The number of nitrogens with zero attached hydrogens (tertiary/aromatic N) is 3. The maximum absolute atomic E-state index is 9.83. The molecule has 0 unspecified atom stereocenters. The monoisotopic (exact) mass is 526 g/mol. The number of benzene rings is 1. The summed E-state index contributed by atoms with van der Waals surface area (Å²) in [5.74, 6) is 2.65. The van der Waals surface area contributed by atoms with Crippen molar-refractivity contribution in [2.75, 3.05) is 26.2 Å². The summed E-state index contributed by atoms with van der Waals surface area (Å²) in [6, 6.07) is 11.5. The van der Waals surface area contributed by atoms with Gasteiger partial charge in [-0.3, -0.25) is 0 Å². The van der Waals surface area contributed by atoms with Crippen molar-refractivity contribution >= 4 is 29.9 Å². The number of para-hydroxylation sites is 2.